The summed E-state index contributed by atoms with van der Waals surface area (Å²) in [6, 6.07) is 5.19. The van der Waals surface area contributed by atoms with Crippen LogP contribution in [0.1, 0.15) is 16.1 Å². The molecule has 0 atom stereocenters. The van der Waals surface area contributed by atoms with Gasteiger partial charge in [-0.3, -0.25) is 19.3 Å². The number of hydrogen-bond acceptors (Lipinski definition) is 7. The Balaban J connectivity index is 1.73. The predicted molar refractivity (Wildman–Crippen MR) is 104 cm³/mol. The molecule has 0 unspecified atom stereocenters. The zero-order valence-corrected chi connectivity index (χ0v) is 15.9. The molecule has 1 aromatic carbocycles. The van der Waals surface area contributed by atoms with Crippen molar-refractivity contribution in [1.82, 2.24) is 29.8 Å². The molecule has 1 amide bonds. The number of fused-ring (bicyclic) bond motifs is 3. The molecule has 9 nitrogen and oxygen atoms in total. The van der Waals surface area contributed by atoms with Gasteiger partial charge in [0.1, 0.15) is 11.0 Å². The van der Waals surface area contributed by atoms with Crippen LogP contribution in [0.4, 0.5) is 5.82 Å². The highest BCUT2D eigenvalue weighted by molar-refractivity contribution is 6.29. The van der Waals surface area contributed by atoms with Crippen molar-refractivity contribution in [3.63, 3.8) is 0 Å². The van der Waals surface area contributed by atoms with Crippen LogP contribution in [0.2, 0.25) is 5.15 Å². The van der Waals surface area contributed by atoms with E-state index in [-0.39, 0.29) is 17.6 Å². The quantitative estimate of drug-likeness (QED) is 0.526. The molecule has 0 aliphatic carbocycles. The monoisotopic (exact) mass is 397 g/mol. The number of carbonyl (C=O) groups excluding carboxylic acids is 1. The molecule has 2 N–H and O–H groups in total. The highest BCUT2D eigenvalue weighted by Crippen LogP contribution is 2.28. The van der Waals surface area contributed by atoms with E-state index in [2.05, 4.69) is 20.1 Å². The molecule has 0 saturated heterocycles. The normalized spacial score (nSPS) is 11.2. The number of aromatic nitrogens is 5. The van der Waals surface area contributed by atoms with Gasteiger partial charge in [0.2, 0.25) is 0 Å². The Morgan fingerprint density at radius 2 is 2.07 bits per heavy atom. The average Bonchev–Trinajstić information content (AvgIpc) is 3.09. The van der Waals surface area contributed by atoms with Crippen molar-refractivity contribution in [2.45, 2.75) is 6.54 Å². The number of pyridine rings is 1. The second kappa shape index (κ2) is 7.02. The molecular formula is C18H16ClN7O2. The molecule has 0 radical (unpaired) electrons. The van der Waals surface area contributed by atoms with Crippen LogP contribution in [-0.4, -0.2) is 42.8 Å². The van der Waals surface area contributed by atoms with Crippen LogP contribution < -0.4 is 5.73 Å². The van der Waals surface area contributed by atoms with E-state index in [1.165, 1.54) is 24.6 Å². The van der Waals surface area contributed by atoms with E-state index < -0.39 is 0 Å². The summed E-state index contributed by atoms with van der Waals surface area (Å²) < 4.78 is 1.71. The van der Waals surface area contributed by atoms with Gasteiger partial charge in [0, 0.05) is 18.0 Å². The Morgan fingerprint density at radius 3 is 2.79 bits per heavy atom. The minimum atomic E-state index is -0.326. The number of hydroxylamine groups is 2. The fraction of sp³-hybridized carbons (Fsp3) is 0.167. The summed E-state index contributed by atoms with van der Waals surface area (Å²) in [7, 11) is 3.24. The lowest BCUT2D eigenvalue weighted by Crippen LogP contribution is -2.30. The Hall–Kier alpha value is -3.30. The number of aryl methyl sites for hydroxylation is 1. The van der Waals surface area contributed by atoms with Crippen LogP contribution in [0.15, 0.2) is 36.8 Å². The first kappa shape index (κ1) is 18.1. The van der Waals surface area contributed by atoms with Gasteiger partial charge >= 0.3 is 0 Å². The van der Waals surface area contributed by atoms with E-state index in [9.17, 15) is 4.79 Å². The number of hydrogen-bond donors (Lipinski definition) is 1. The van der Waals surface area contributed by atoms with Gasteiger partial charge in [-0.2, -0.15) is 5.10 Å². The highest BCUT2D eigenvalue weighted by Gasteiger charge is 2.19. The summed E-state index contributed by atoms with van der Waals surface area (Å²) in [4.78, 5) is 30.7. The van der Waals surface area contributed by atoms with E-state index in [0.29, 0.717) is 22.6 Å². The molecular weight excluding hydrogens is 382 g/mol. The fourth-order valence-corrected chi connectivity index (χ4v) is 3.12. The molecule has 4 aromatic rings. The summed E-state index contributed by atoms with van der Waals surface area (Å²) in [6.07, 6.45) is 4.57. The maximum atomic E-state index is 13.0. The maximum absolute atomic E-state index is 13.0. The lowest BCUT2D eigenvalue weighted by atomic mass is 10.1. The molecule has 0 bridgehead atoms. The number of nitrogens with zero attached hydrogens (tertiary/aromatic N) is 6. The molecule has 3 aromatic heterocycles. The van der Waals surface area contributed by atoms with Gasteiger partial charge in [-0.25, -0.2) is 15.0 Å². The van der Waals surface area contributed by atoms with Gasteiger partial charge in [-0.05, 0) is 18.2 Å². The summed E-state index contributed by atoms with van der Waals surface area (Å²) in [6.45, 7) is 0.124. The number of nitrogens with two attached hydrogens (primary N) is 1. The standard InChI is InChI=1S/C18H16ClN7O2/c1-25-16-12-5-10(3-4-14(12)24-17(20)13(16)7-23-25)18(27)26(28-2)9-11-6-22-15(19)8-21-11/h3-8H,9H2,1-2H3,(H2,20,24). The van der Waals surface area contributed by atoms with Gasteiger partial charge in [0.25, 0.3) is 5.91 Å². The van der Waals surface area contributed by atoms with E-state index in [1.807, 2.05) is 7.05 Å². The minimum absolute atomic E-state index is 0.124. The smallest absolute Gasteiger partial charge is 0.277 e. The Morgan fingerprint density at radius 1 is 1.25 bits per heavy atom. The zero-order chi connectivity index (χ0) is 19.8. The van der Waals surface area contributed by atoms with Crippen LogP contribution in [0, 0.1) is 0 Å². The second-order valence-electron chi connectivity index (χ2n) is 6.11. The van der Waals surface area contributed by atoms with Crippen molar-refractivity contribution in [3.05, 3.63) is 53.2 Å². The largest absolute Gasteiger partial charge is 0.383 e. The first-order valence-electron chi connectivity index (χ1n) is 8.31. The van der Waals surface area contributed by atoms with Crippen LogP contribution in [0.3, 0.4) is 0 Å². The van der Waals surface area contributed by atoms with E-state index in [4.69, 9.17) is 22.2 Å². The van der Waals surface area contributed by atoms with E-state index >= 15 is 0 Å². The molecule has 10 heteroatoms. The number of halogens is 1. The number of amides is 1. The maximum Gasteiger partial charge on any atom is 0.277 e. The average molecular weight is 398 g/mol. The van der Waals surface area contributed by atoms with Gasteiger partial charge in [0.05, 0.1) is 54.4 Å². The molecule has 0 aliphatic heterocycles. The van der Waals surface area contributed by atoms with Crippen molar-refractivity contribution < 1.29 is 9.63 Å². The lowest BCUT2D eigenvalue weighted by molar-refractivity contribution is -0.102. The van der Waals surface area contributed by atoms with Crippen molar-refractivity contribution in [1.29, 1.82) is 0 Å². The zero-order valence-electron chi connectivity index (χ0n) is 15.1. The molecule has 28 heavy (non-hydrogen) atoms. The molecule has 0 fully saturated rings. The van der Waals surface area contributed by atoms with Crippen LogP contribution in [0.5, 0.6) is 0 Å². The lowest BCUT2D eigenvalue weighted by Gasteiger charge is -2.19. The molecule has 3 heterocycles. The van der Waals surface area contributed by atoms with Gasteiger partial charge in [-0.15, -0.1) is 0 Å². The third-order valence-electron chi connectivity index (χ3n) is 4.38. The number of carbonyl (C=O) groups is 1. The third-order valence-corrected chi connectivity index (χ3v) is 4.58. The van der Waals surface area contributed by atoms with Gasteiger partial charge in [-0.1, -0.05) is 11.6 Å². The van der Waals surface area contributed by atoms with Crippen molar-refractivity contribution in [3.8, 4) is 0 Å². The number of nitrogen functional groups attached to an aromatic ring is 1. The Bertz CT molecular complexity index is 1190. The molecule has 0 aliphatic rings. The van der Waals surface area contributed by atoms with Gasteiger partial charge in [0.15, 0.2) is 0 Å². The fourth-order valence-electron chi connectivity index (χ4n) is 3.02. The van der Waals surface area contributed by atoms with E-state index in [0.717, 1.165) is 16.3 Å². The van der Waals surface area contributed by atoms with Crippen molar-refractivity contribution >= 4 is 45.1 Å². The SMILES string of the molecule is CON(Cc1cnc(Cl)cn1)C(=O)c1ccc2nc(N)c3cnn(C)c3c2c1. The van der Waals surface area contributed by atoms with Crippen LogP contribution in [-0.2, 0) is 18.4 Å². The topological polar surface area (TPSA) is 112 Å². The molecule has 142 valence electrons. The predicted octanol–water partition coefficient (Wildman–Crippen LogP) is 2.35. The Labute approximate surface area is 164 Å². The van der Waals surface area contributed by atoms with Crippen molar-refractivity contribution in [2.24, 2.45) is 7.05 Å². The molecule has 0 spiro atoms. The summed E-state index contributed by atoms with van der Waals surface area (Å²) >= 11 is 5.75. The third kappa shape index (κ3) is 3.10. The van der Waals surface area contributed by atoms with Crippen LogP contribution in [0.25, 0.3) is 21.8 Å². The second-order valence-corrected chi connectivity index (χ2v) is 6.50. The van der Waals surface area contributed by atoms with E-state index in [1.54, 1.807) is 29.1 Å². The molecule has 0 saturated carbocycles. The first-order chi connectivity index (χ1) is 13.5. The number of rotatable bonds is 4. The Kier molecular flexibility index (Phi) is 4.54. The summed E-state index contributed by atoms with van der Waals surface area (Å²) in [5.74, 6) is 0.0720. The summed E-state index contributed by atoms with van der Waals surface area (Å²) in [5, 5.41) is 7.23. The highest BCUT2D eigenvalue weighted by atomic mass is 35.5. The first-order valence-corrected chi connectivity index (χ1v) is 8.69. The molecule has 4 rings (SSSR count). The number of benzene rings is 1. The van der Waals surface area contributed by atoms with Gasteiger partial charge < -0.3 is 5.73 Å². The minimum Gasteiger partial charge on any atom is -0.383 e. The number of anilines is 1. The van der Waals surface area contributed by atoms with Crippen LogP contribution >= 0.6 is 11.6 Å². The summed E-state index contributed by atoms with van der Waals surface area (Å²) in [5.41, 5.74) is 8.49. The van der Waals surface area contributed by atoms with Crippen molar-refractivity contribution in [2.75, 3.05) is 12.8 Å².